The number of allylic oxidation sites excluding steroid dienone is 6. The Morgan fingerprint density at radius 1 is 1.15 bits per heavy atom. The Balaban J connectivity index is 1.92. The van der Waals surface area contributed by atoms with E-state index in [2.05, 4.69) is 5.32 Å². The van der Waals surface area contributed by atoms with Gasteiger partial charge in [0.05, 0.1) is 0 Å². The molecule has 0 unspecified atom stereocenters. The van der Waals surface area contributed by atoms with E-state index in [1.165, 1.54) is 0 Å². The summed E-state index contributed by atoms with van der Waals surface area (Å²) in [5.41, 5.74) is 1.82. The second-order valence-electron chi connectivity index (χ2n) is 3.10. The molecule has 1 N–H and O–H groups in total. The fourth-order valence-electron chi connectivity index (χ4n) is 1.38. The van der Waals surface area contributed by atoms with Crippen molar-refractivity contribution in [3.05, 3.63) is 47.7 Å². The van der Waals surface area contributed by atoms with Crippen LogP contribution in [0.25, 0.3) is 0 Å². The van der Waals surface area contributed by atoms with E-state index >= 15 is 0 Å². The Kier molecular flexibility index (Phi) is 2.13. The van der Waals surface area contributed by atoms with Gasteiger partial charge in [0.25, 0.3) is 5.91 Å². The number of nitrogens with one attached hydrogen (secondary N) is 1. The number of amides is 1. The fraction of sp³-hybridized carbons (Fsp3) is 0.182. The highest BCUT2D eigenvalue weighted by Crippen LogP contribution is 2.13. The summed E-state index contributed by atoms with van der Waals surface area (Å²) in [5.74, 6) is 0.0277. The molecule has 0 fully saturated rings. The van der Waals surface area contributed by atoms with Crippen molar-refractivity contribution in [3.63, 3.8) is 0 Å². The van der Waals surface area contributed by atoms with Crippen molar-refractivity contribution in [1.82, 2.24) is 5.32 Å². The van der Waals surface area contributed by atoms with Gasteiger partial charge in [0.1, 0.15) is 0 Å². The van der Waals surface area contributed by atoms with Gasteiger partial charge in [-0.05, 0) is 12.5 Å². The Hall–Kier alpha value is -1.57. The third kappa shape index (κ3) is 1.78. The van der Waals surface area contributed by atoms with Gasteiger partial charge in [-0.3, -0.25) is 4.79 Å². The van der Waals surface area contributed by atoms with Crippen molar-refractivity contribution in [2.24, 2.45) is 0 Å². The SMILES string of the molecule is O=C(NC1=CC=CC1)C1=CC=CC1. The van der Waals surface area contributed by atoms with Gasteiger partial charge in [-0.15, -0.1) is 0 Å². The summed E-state index contributed by atoms with van der Waals surface area (Å²) < 4.78 is 0. The highest BCUT2D eigenvalue weighted by atomic mass is 16.1. The summed E-state index contributed by atoms with van der Waals surface area (Å²) in [6.45, 7) is 0. The summed E-state index contributed by atoms with van der Waals surface area (Å²) in [7, 11) is 0. The van der Waals surface area contributed by atoms with Gasteiger partial charge in [-0.25, -0.2) is 0 Å². The van der Waals surface area contributed by atoms with Crippen LogP contribution in [0.3, 0.4) is 0 Å². The Morgan fingerprint density at radius 2 is 1.92 bits per heavy atom. The minimum Gasteiger partial charge on any atom is -0.326 e. The second kappa shape index (κ2) is 3.44. The lowest BCUT2D eigenvalue weighted by molar-refractivity contribution is -0.116. The molecule has 0 saturated heterocycles. The number of hydrogen-bond acceptors (Lipinski definition) is 1. The Morgan fingerprint density at radius 3 is 2.54 bits per heavy atom. The Bertz CT molecular complexity index is 345. The first-order valence-corrected chi connectivity index (χ1v) is 4.39. The molecule has 0 bridgehead atoms. The van der Waals surface area contributed by atoms with Gasteiger partial charge >= 0.3 is 0 Å². The van der Waals surface area contributed by atoms with Crippen LogP contribution in [0.15, 0.2) is 47.7 Å². The van der Waals surface area contributed by atoms with Gasteiger partial charge in [0.2, 0.25) is 0 Å². The van der Waals surface area contributed by atoms with E-state index < -0.39 is 0 Å². The van der Waals surface area contributed by atoms with E-state index in [4.69, 9.17) is 0 Å². The molecule has 0 aliphatic heterocycles. The summed E-state index contributed by atoms with van der Waals surface area (Å²) in [6, 6.07) is 0. The molecule has 2 rings (SSSR count). The minimum absolute atomic E-state index is 0.0277. The zero-order valence-corrected chi connectivity index (χ0v) is 7.29. The molecule has 1 amide bonds. The fourth-order valence-corrected chi connectivity index (χ4v) is 1.38. The van der Waals surface area contributed by atoms with Crippen molar-refractivity contribution in [1.29, 1.82) is 0 Å². The summed E-state index contributed by atoms with van der Waals surface area (Å²) in [6.07, 6.45) is 13.3. The molecule has 0 aromatic carbocycles. The third-order valence-electron chi connectivity index (χ3n) is 2.11. The molecule has 66 valence electrons. The molecule has 0 aromatic heterocycles. The standard InChI is InChI=1S/C11H11NO/c13-11(9-5-1-2-6-9)12-10-7-3-4-8-10/h1-5,7H,6,8H2,(H,12,13). The molecule has 0 saturated carbocycles. The first-order chi connectivity index (χ1) is 6.36. The van der Waals surface area contributed by atoms with Crippen LogP contribution in [0.1, 0.15) is 12.8 Å². The average Bonchev–Trinajstić information content (AvgIpc) is 2.74. The topological polar surface area (TPSA) is 29.1 Å². The number of carbonyl (C=O) groups is 1. The minimum atomic E-state index is 0.0277. The molecular formula is C11H11NO. The first-order valence-electron chi connectivity index (χ1n) is 4.39. The van der Waals surface area contributed by atoms with Crippen molar-refractivity contribution in [3.8, 4) is 0 Å². The van der Waals surface area contributed by atoms with E-state index in [-0.39, 0.29) is 5.91 Å². The van der Waals surface area contributed by atoms with Gasteiger partial charge in [0, 0.05) is 17.7 Å². The van der Waals surface area contributed by atoms with Crippen LogP contribution in [0, 0.1) is 0 Å². The number of rotatable bonds is 2. The summed E-state index contributed by atoms with van der Waals surface area (Å²) in [4.78, 5) is 11.5. The maximum Gasteiger partial charge on any atom is 0.251 e. The van der Waals surface area contributed by atoms with E-state index in [0.717, 1.165) is 24.1 Å². The van der Waals surface area contributed by atoms with Crippen molar-refractivity contribution in [2.45, 2.75) is 12.8 Å². The van der Waals surface area contributed by atoms with Gasteiger partial charge in [-0.1, -0.05) is 30.4 Å². The highest BCUT2D eigenvalue weighted by molar-refractivity contribution is 5.95. The predicted octanol–water partition coefficient (Wildman–Crippen LogP) is 1.83. The third-order valence-corrected chi connectivity index (χ3v) is 2.11. The highest BCUT2D eigenvalue weighted by Gasteiger charge is 2.11. The molecule has 2 aliphatic carbocycles. The van der Waals surface area contributed by atoms with Crippen LogP contribution < -0.4 is 5.32 Å². The largest absolute Gasteiger partial charge is 0.326 e. The molecule has 0 heterocycles. The van der Waals surface area contributed by atoms with E-state index in [0.29, 0.717) is 0 Å². The zero-order chi connectivity index (χ0) is 9.10. The lowest BCUT2D eigenvalue weighted by atomic mass is 10.2. The van der Waals surface area contributed by atoms with E-state index in [1.54, 1.807) is 0 Å². The number of hydrogen-bond donors (Lipinski definition) is 1. The molecule has 2 nitrogen and oxygen atoms in total. The maximum absolute atomic E-state index is 11.5. The van der Waals surface area contributed by atoms with Crippen LogP contribution in [-0.4, -0.2) is 5.91 Å². The molecule has 2 heteroatoms. The van der Waals surface area contributed by atoms with E-state index in [9.17, 15) is 4.79 Å². The van der Waals surface area contributed by atoms with Gasteiger partial charge < -0.3 is 5.32 Å². The average molecular weight is 173 g/mol. The predicted molar refractivity (Wildman–Crippen MR) is 51.8 cm³/mol. The maximum atomic E-state index is 11.5. The van der Waals surface area contributed by atoms with Crippen LogP contribution in [-0.2, 0) is 4.79 Å². The van der Waals surface area contributed by atoms with Gasteiger partial charge in [0.15, 0.2) is 0 Å². The van der Waals surface area contributed by atoms with Gasteiger partial charge in [-0.2, -0.15) is 0 Å². The molecule has 0 aromatic rings. The molecule has 0 spiro atoms. The normalized spacial score (nSPS) is 18.8. The lowest BCUT2D eigenvalue weighted by Crippen LogP contribution is -2.23. The smallest absolute Gasteiger partial charge is 0.251 e. The first kappa shape index (κ1) is 8.05. The number of carbonyl (C=O) groups excluding carboxylic acids is 1. The van der Waals surface area contributed by atoms with Crippen LogP contribution >= 0.6 is 0 Å². The summed E-state index contributed by atoms with van der Waals surface area (Å²) in [5, 5.41) is 2.87. The molecule has 2 aliphatic rings. The molecule has 0 atom stereocenters. The van der Waals surface area contributed by atoms with Crippen LogP contribution in [0.4, 0.5) is 0 Å². The summed E-state index contributed by atoms with van der Waals surface area (Å²) >= 11 is 0. The zero-order valence-electron chi connectivity index (χ0n) is 7.29. The lowest BCUT2D eigenvalue weighted by Gasteiger charge is -2.05. The van der Waals surface area contributed by atoms with Crippen molar-refractivity contribution < 1.29 is 4.79 Å². The second-order valence-corrected chi connectivity index (χ2v) is 3.10. The van der Waals surface area contributed by atoms with E-state index in [1.807, 2.05) is 36.5 Å². The van der Waals surface area contributed by atoms with Crippen molar-refractivity contribution >= 4 is 5.91 Å². The van der Waals surface area contributed by atoms with Crippen LogP contribution in [0.5, 0.6) is 0 Å². The molecule has 13 heavy (non-hydrogen) atoms. The Labute approximate surface area is 77.3 Å². The van der Waals surface area contributed by atoms with Crippen molar-refractivity contribution in [2.75, 3.05) is 0 Å². The molecule has 0 radical (unpaired) electrons. The monoisotopic (exact) mass is 173 g/mol. The van der Waals surface area contributed by atoms with Crippen LogP contribution in [0.2, 0.25) is 0 Å². The molecular weight excluding hydrogens is 162 g/mol. The quantitative estimate of drug-likeness (QED) is 0.678.